The molecule has 1 aliphatic heterocycles. The van der Waals surface area contributed by atoms with Crippen LogP contribution in [0.2, 0.25) is 0 Å². The molecule has 1 aromatic heterocycles. The summed E-state index contributed by atoms with van der Waals surface area (Å²) in [7, 11) is 0. The third-order valence-corrected chi connectivity index (χ3v) is 2.38. The highest BCUT2D eigenvalue weighted by atomic mass is 15.3. The maximum absolute atomic E-state index is 4.32. The van der Waals surface area contributed by atoms with E-state index in [2.05, 4.69) is 28.2 Å². The minimum atomic E-state index is 0.576. The first kappa shape index (κ1) is 7.80. The molecule has 0 aromatic carbocycles. The summed E-state index contributed by atoms with van der Waals surface area (Å²) in [6.45, 7) is 4.32. The average Bonchev–Trinajstić information content (AvgIpc) is 2.54. The van der Waals surface area contributed by atoms with Crippen molar-refractivity contribution in [2.24, 2.45) is 0 Å². The van der Waals surface area contributed by atoms with E-state index in [1.165, 1.54) is 18.4 Å². The number of aryl methyl sites for hydroxylation is 1. The van der Waals surface area contributed by atoms with E-state index in [9.17, 15) is 0 Å². The van der Waals surface area contributed by atoms with E-state index in [1.807, 2.05) is 6.20 Å². The number of hydrogen-bond acceptors (Lipinski definition) is 2. The van der Waals surface area contributed by atoms with Gasteiger partial charge in [0.05, 0.1) is 12.2 Å². The van der Waals surface area contributed by atoms with E-state index in [0.29, 0.717) is 6.04 Å². The third-order valence-electron chi connectivity index (χ3n) is 2.38. The highest BCUT2D eigenvalue weighted by Gasteiger charge is 2.14. The average molecular weight is 165 g/mol. The van der Waals surface area contributed by atoms with Crippen molar-refractivity contribution in [3.63, 3.8) is 0 Å². The number of aromatic nitrogens is 2. The monoisotopic (exact) mass is 165 g/mol. The van der Waals surface area contributed by atoms with Crippen molar-refractivity contribution in [3.05, 3.63) is 18.0 Å². The van der Waals surface area contributed by atoms with E-state index in [1.54, 1.807) is 0 Å². The molecule has 1 atom stereocenters. The summed E-state index contributed by atoms with van der Waals surface area (Å²) in [5, 5.41) is 7.70. The van der Waals surface area contributed by atoms with E-state index in [-0.39, 0.29) is 0 Å². The lowest BCUT2D eigenvalue weighted by atomic mass is 10.1. The van der Waals surface area contributed by atoms with Crippen LogP contribution in [-0.4, -0.2) is 22.9 Å². The quantitative estimate of drug-likeness (QED) is 0.675. The molecule has 1 aliphatic rings. The predicted octanol–water partition coefficient (Wildman–Crippen LogP) is 1.12. The fourth-order valence-electron chi connectivity index (χ4n) is 1.69. The Labute approximate surface area is 72.8 Å². The van der Waals surface area contributed by atoms with Crippen molar-refractivity contribution < 1.29 is 0 Å². The molecule has 2 heterocycles. The predicted molar refractivity (Wildman–Crippen MR) is 48.1 cm³/mol. The van der Waals surface area contributed by atoms with Gasteiger partial charge in [-0.25, -0.2) is 0 Å². The van der Waals surface area contributed by atoms with Crippen LogP contribution in [0.1, 0.15) is 24.4 Å². The Morgan fingerprint density at radius 2 is 2.58 bits per heavy atom. The molecule has 0 amide bonds. The number of nitrogens with zero attached hydrogens (tertiary/aromatic N) is 2. The van der Waals surface area contributed by atoms with Crippen LogP contribution >= 0.6 is 0 Å². The Kier molecular flexibility index (Phi) is 2.13. The Bertz CT molecular complexity index is 248. The highest BCUT2D eigenvalue weighted by Crippen LogP contribution is 2.15. The first-order valence-corrected chi connectivity index (χ1v) is 4.58. The molecular weight excluding hydrogens is 150 g/mol. The lowest BCUT2D eigenvalue weighted by Crippen LogP contribution is -2.31. The van der Waals surface area contributed by atoms with Crippen molar-refractivity contribution in [2.75, 3.05) is 13.1 Å². The zero-order chi connectivity index (χ0) is 8.39. The van der Waals surface area contributed by atoms with Crippen LogP contribution in [-0.2, 0) is 0 Å². The summed E-state index contributed by atoms with van der Waals surface area (Å²) in [5.74, 6) is 0. The van der Waals surface area contributed by atoms with Gasteiger partial charge in [-0.15, -0.1) is 0 Å². The molecule has 2 rings (SSSR count). The molecule has 1 N–H and O–H groups in total. The van der Waals surface area contributed by atoms with Gasteiger partial charge in [-0.2, -0.15) is 5.10 Å². The number of hydrogen-bond donors (Lipinski definition) is 1. The molecule has 0 saturated carbocycles. The summed E-state index contributed by atoms with van der Waals surface area (Å²) in [6, 6.07) is 0.576. The fraction of sp³-hybridized carbons (Fsp3) is 0.667. The molecule has 0 bridgehead atoms. The Morgan fingerprint density at radius 3 is 3.17 bits per heavy atom. The smallest absolute Gasteiger partial charge is 0.0644 e. The number of nitrogens with one attached hydrogen (secondary N) is 1. The zero-order valence-electron chi connectivity index (χ0n) is 7.45. The molecule has 0 radical (unpaired) electrons. The van der Waals surface area contributed by atoms with E-state index >= 15 is 0 Å². The lowest BCUT2D eigenvalue weighted by Gasteiger charge is -2.22. The first-order chi connectivity index (χ1) is 5.86. The van der Waals surface area contributed by atoms with Gasteiger partial charge in [0, 0.05) is 12.7 Å². The van der Waals surface area contributed by atoms with E-state index < -0.39 is 0 Å². The van der Waals surface area contributed by atoms with Crippen LogP contribution in [0.5, 0.6) is 0 Å². The van der Waals surface area contributed by atoms with Crippen molar-refractivity contribution in [1.82, 2.24) is 15.1 Å². The number of piperidine rings is 1. The lowest BCUT2D eigenvalue weighted by molar-refractivity contribution is 0.346. The SMILES string of the molecule is Cc1cnn([C@@H]2CCCNC2)c1. The largest absolute Gasteiger partial charge is 0.315 e. The van der Waals surface area contributed by atoms with Crippen molar-refractivity contribution in [2.45, 2.75) is 25.8 Å². The van der Waals surface area contributed by atoms with Gasteiger partial charge in [-0.05, 0) is 31.9 Å². The second-order valence-corrected chi connectivity index (χ2v) is 3.50. The van der Waals surface area contributed by atoms with Gasteiger partial charge >= 0.3 is 0 Å². The Balaban J connectivity index is 2.08. The highest BCUT2D eigenvalue weighted by molar-refractivity contribution is 5.00. The molecule has 3 nitrogen and oxygen atoms in total. The Morgan fingerprint density at radius 1 is 1.67 bits per heavy atom. The van der Waals surface area contributed by atoms with Crippen molar-refractivity contribution >= 4 is 0 Å². The van der Waals surface area contributed by atoms with Crippen molar-refractivity contribution in [1.29, 1.82) is 0 Å². The van der Waals surface area contributed by atoms with Gasteiger partial charge in [0.25, 0.3) is 0 Å². The molecule has 0 unspecified atom stereocenters. The molecule has 0 aliphatic carbocycles. The van der Waals surface area contributed by atoms with Gasteiger partial charge in [0.15, 0.2) is 0 Å². The van der Waals surface area contributed by atoms with Gasteiger partial charge < -0.3 is 5.32 Å². The molecule has 0 spiro atoms. The standard InChI is InChI=1S/C9H15N3/c1-8-5-11-12(7-8)9-3-2-4-10-6-9/h5,7,9-10H,2-4,6H2,1H3/t9-/m1/s1. The van der Waals surface area contributed by atoms with Gasteiger partial charge in [0.1, 0.15) is 0 Å². The normalized spacial score (nSPS) is 24.2. The van der Waals surface area contributed by atoms with Crippen LogP contribution in [0.4, 0.5) is 0 Å². The summed E-state index contributed by atoms with van der Waals surface area (Å²) in [4.78, 5) is 0. The Hall–Kier alpha value is -0.830. The molecule has 66 valence electrons. The number of rotatable bonds is 1. The molecule has 12 heavy (non-hydrogen) atoms. The zero-order valence-corrected chi connectivity index (χ0v) is 7.45. The van der Waals surface area contributed by atoms with E-state index in [4.69, 9.17) is 0 Å². The van der Waals surface area contributed by atoms with Crippen LogP contribution in [0.25, 0.3) is 0 Å². The van der Waals surface area contributed by atoms with Crippen LogP contribution in [0.3, 0.4) is 0 Å². The summed E-state index contributed by atoms with van der Waals surface area (Å²) in [6.07, 6.45) is 6.57. The van der Waals surface area contributed by atoms with Gasteiger partial charge in [-0.1, -0.05) is 0 Å². The topological polar surface area (TPSA) is 29.9 Å². The molecule has 1 aromatic rings. The second kappa shape index (κ2) is 3.27. The van der Waals surface area contributed by atoms with E-state index in [0.717, 1.165) is 13.1 Å². The fourth-order valence-corrected chi connectivity index (χ4v) is 1.69. The van der Waals surface area contributed by atoms with Crippen molar-refractivity contribution in [3.8, 4) is 0 Å². The molecule has 1 saturated heterocycles. The maximum atomic E-state index is 4.32. The van der Waals surface area contributed by atoms with Crippen LogP contribution in [0.15, 0.2) is 12.4 Å². The summed E-state index contributed by atoms with van der Waals surface area (Å²) >= 11 is 0. The molecule has 3 heteroatoms. The van der Waals surface area contributed by atoms with Gasteiger partial charge in [-0.3, -0.25) is 4.68 Å². The van der Waals surface area contributed by atoms with Crippen LogP contribution in [0, 0.1) is 6.92 Å². The summed E-state index contributed by atoms with van der Waals surface area (Å²) in [5.41, 5.74) is 1.25. The second-order valence-electron chi connectivity index (χ2n) is 3.50. The summed E-state index contributed by atoms with van der Waals surface area (Å²) < 4.78 is 2.08. The van der Waals surface area contributed by atoms with Crippen LogP contribution < -0.4 is 5.32 Å². The minimum Gasteiger partial charge on any atom is -0.315 e. The van der Waals surface area contributed by atoms with Gasteiger partial charge in [0.2, 0.25) is 0 Å². The first-order valence-electron chi connectivity index (χ1n) is 4.58. The molecule has 1 fully saturated rings. The minimum absolute atomic E-state index is 0.576. The third kappa shape index (κ3) is 1.50. The maximum Gasteiger partial charge on any atom is 0.0644 e. The molecular formula is C9H15N3.